The molecule has 0 spiro atoms. The number of methoxy groups -OCH3 is 1. The number of H-pyrrole nitrogens is 1. The molecule has 0 aliphatic carbocycles. The van der Waals surface area contributed by atoms with E-state index in [9.17, 15) is 9.90 Å². The fourth-order valence-electron chi connectivity index (χ4n) is 3.46. The summed E-state index contributed by atoms with van der Waals surface area (Å²) in [7, 11) is 1.66. The molecule has 1 amide bonds. The molecular formula is C24H26N4O4S. The number of anilines is 1. The Kier molecular flexibility index (Phi) is 7.66. The van der Waals surface area contributed by atoms with Gasteiger partial charge < -0.3 is 25.2 Å². The van der Waals surface area contributed by atoms with Gasteiger partial charge in [0.15, 0.2) is 0 Å². The molecule has 2 aromatic carbocycles. The van der Waals surface area contributed by atoms with Gasteiger partial charge in [-0.1, -0.05) is 18.2 Å². The maximum Gasteiger partial charge on any atom is 0.256 e. The summed E-state index contributed by atoms with van der Waals surface area (Å²) < 4.78 is 11.3. The molecule has 3 aromatic rings. The van der Waals surface area contributed by atoms with E-state index in [1.165, 1.54) is 0 Å². The Morgan fingerprint density at radius 2 is 2.03 bits per heavy atom. The van der Waals surface area contributed by atoms with E-state index >= 15 is 0 Å². The Morgan fingerprint density at radius 1 is 1.18 bits per heavy atom. The number of hydrogen-bond donors (Lipinski definition) is 4. The van der Waals surface area contributed by atoms with Crippen LogP contribution in [-0.4, -0.2) is 59.9 Å². The van der Waals surface area contributed by atoms with Crippen molar-refractivity contribution >= 4 is 35.0 Å². The van der Waals surface area contributed by atoms with Crippen LogP contribution in [0.25, 0.3) is 11.6 Å². The van der Waals surface area contributed by atoms with Gasteiger partial charge >= 0.3 is 0 Å². The molecule has 33 heavy (non-hydrogen) atoms. The number of aromatic nitrogens is 2. The van der Waals surface area contributed by atoms with Crippen molar-refractivity contribution in [3.8, 4) is 11.5 Å². The standard InChI is InChI=1S/C24H26N4O4S/c1-31-20-6-2-3-8-22(20)33-12-11-25-14-17(29)15-32-21-7-4-5-19-23(21)18(24(30)27-19)13-16-9-10-26-28-16/h2-10,13,17,25,29H,11-12,14-15H2,1H3,(H,26,28)(H,27,30)/b18-13-. The van der Waals surface area contributed by atoms with Crippen LogP contribution in [0.2, 0.25) is 0 Å². The average molecular weight is 467 g/mol. The number of benzene rings is 2. The number of amides is 1. The summed E-state index contributed by atoms with van der Waals surface area (Å²) in [5, 5.41) is 23.2. The predicted molar refractivity (Wildman–Crippen MR) is 130 cm³/mol. The number of carbonyl (C=O) groups is 1. The van der Waals surface area contributed by atoms with Gasteiger partial charge in [0.1, 0.15) is 24.2 Å². The number of fused-ring (bicyclic) bond motifs is 1. The van der Waals surface area contributed by atoms with Gasteiger partial charge in [-0.3, -0.25) is 9.89 Å². The maximum absolute atomic E-state index is 12.5. The second-order valence-corrected chi connectivity index (χ2v) is 8.51. The molecule has 2 heterocycles. The lowest BCUT2D eigenvalue weighted by molar-refractivity contribution is -0.110. The minimum absolute atomic E-state index is 0.106. The number of aliphatic hydroxyl groups is 1. The van der Waals surface area contributed by atoms with Crippen LogP contribution >= 0.6 is 11.8 Å². The number of aromatic amines is 1. The van der Waals surface area contributed by atoms with E-state index < -0.39 is 6.10 Å². The second kappa shape index (κ2) is 11.0. The highest BCUT2D eigenvalue weighted by Crippen LogP contribution is 2.39. The highest BCUT2D eigenvalue weighted by molar-refractivity contribution is 7.99. The van der Waals surface area contributed by atoms with Crippen molar-refractivity contribution in [2.45, 2.75) is 11.0 Å². The molecule has 1 atom stereocenters. The minimum Gasteiger partial charge on any atom is -0.496 e. The van der Waals surface area contributed by atoms with Crippen LogP contribution in [0.1, 0.15) is 11.3 Å². The summed E-state index contributed by atoms with van der Waals surface area (Å²) in [6.07, 6.45) is 2.67. The SMILES string of the molecule is COc1ccccc1SCCNCC(O)COc1cccc2c1/C(=C/c1ccn[nH]1)C(=O)N2. The summed E-state index contributed by atoms with van der Waals surface area (Å²) in [5.74, 6) is 2.04. The van der Waals surface area contributed by atoms with Crippen molar-refractivity contribution in [3.05, 3.63) is 66.0 Å². The lowest BCUT2D eigenvalue weighted by Gasteiger charge is -2.15. The van der Waals surface area contributed by atoms with E-state index in [1.807, 2.05) is 36.4 Å². The van der Waals surface area contributed by atoms with Crippen LogP contribution in [0, 0.1) is 0 Å². The lowest BCUT2D eigenvalue weighted by atomic mass is 10.0. The fraction of sp³-hybridized carbons (Fsp3) is 0.250. The first-order valence-electron chi connectivity index (χ1n) is 10.6. The second-order valence-electron chi connectivity index (χ2n) is 7.37. The molecule has 1 aliphatic heterocycles. The van der Waals surface area contributed by atoms with Crippen LogP contribution in [-0.2, 0) is 4.79 Å². The highest BCUT2D eigenvalue weighted by atomic mass is 32.2. The molecule has 1 aliphatic rings. The monoisotopic (exact) mass is 466 g/mol. The number of carbonyl (C=O) groups excluding carboxylic acids is 1. The summed E-state index contributed by atoms with van der Waals surface area (Å²) in [4.78, 5) is 13.5. The smallest absolute Gasteiger partial charge is 0.256 e. The molecule has 0 fully saturated rings. The number of ether oxygens (including phenoxy) is 2. The van der Waals surface area contributed by atoms with Gasteiger partial charge in [-0.05, 0) is 36.4 Å². The number of thioether (sulfide) groups is 1. The van der Waals surface area contributed by atoms with E-state index in [1.54, 1.807) is 43.3 Å². The van der Waals surface area contributed by atoms with E-state index in [2.05, 4.69) is 20.8 Å². The third-order valence-electron chi connectivity index (χ3n) is 5.03. The van der Waals surface area contributed by atoms with Gasteiger partial charge in [-0.15, -0.1) is 11.8 Å². The van der Waals surface area contributed by atoms with Crippen molar-refractivity contribution in [1.82, 2.24) is 15.5 Å². The van der Waals surface area contributed by atoms with Gasteiger partial charge in [-0.25, -0.2) is 0 Å². The van der Waals surface area contributed by atoms with Crippen molar-refractivity contribution in [2.75, 3.05) is 37.9 Å². The fourth-order valence-corrected chi connectivity index (χ4v) is 4.40. The third kappa shape index (κ3) is 5.75. The van der Waals surface area contributed by atoms with E-state index in [-0.39, 0.29) is 12.5 Å². The quantitative estimate of drug-likeness (QED) is 0.195. The van der Waals surface area contributed by atoms with Crippen molar-refractivity contribution < 1.29 is 19.4 Å². The summed E-state index contributed by atoms with van der Waals surface area (Å²) in [5.41, 5.74) is 2.58. The third-order valence-corrected chi connectivity index (χ3v) is 6.08. The van der Waals surface area contributed by atoms with Crippen LogP contribution in [0.5, 0.6) is 11.5 Å². The zero-order chi connectivity index (χ0) is 23.0. The van der Waals surface area contributed by atoms with Crippen LogP contribution < -0.4 is 20.1 Å². The van der Waals surface area contributed by atoms with Crippen LogP contribution in [0.15, 0.2) is 59.6 Å². The summed E-state index contributed by atoms with van der Waals surface area (Å²) >= 11 is 1.70. The van der Waals surface area contributed by atoms with Gasteiger partial charge in [0.25, 0.3) is 5.91 Å². The Hall–Kier alpha value is -3.27. The maximum atomic E-state index is 12.5. The number of rotatable bonds is 11. The first-order valence-corrected chi connectivity index (χ1v) is 11.6. The molecule has 8 nitrogen and oxygen atoms in total. The molecule has 4 rings (SSSR count). The molecule has 1 unspecified atom stereocenters. The van der Waals surface area contributed by atoms with Gasteiger partial charge in [0.05, 0.1) is 29.6 Å². The van der Waals surface area contributed by atoms with E-state index in [4.69, 9.17) is 9.47 Å². The van der Waals surface area contributed by atoms with Crippen molar-refractivity contribution in [3.63, 3.8) is 0 Å². The largest absolute Gasteiger partial charge is 0.496 e. The molecule has 1 aromatic heterocycles. The average Bonchev–Trinajstić information content (AvgIpc) is 3.46. The predicted octanol–water partition coefficient (Wildman–Crippen LogP) is 3.03. The number of para-hydroxylation sites is 1. The Balaban J connectivity index is 1.28. The van der Waals surface area contributed by atoms with Crippen LogP contribution in [0.3, 0.4) is 0 Å². The molecule has 4 N–H and O–H groups in total. The molecule has 9 heteroatoms. The number of nitrogens with one attached hydrogen (secondary N) is 3. The summed E-state index contributed by atoms with van der Waals surface area (Å²) in [6, 6.07) is 15.1. The molecule has 0 bridgehead atoms. The highest BCUT2D eigenvalue weighted by Gasteiger charge is 2.28. The summed E-state index contributed by atoms with van der Waals surface area (Å²) in [6.45, 7) is 1.24. The Bertz CT molecular complexity index is 1120. The van der Waals surface area contributed by atoms with Gasteiger partial charge in [0.2, 0.25) is 0 Å². The first-order chi connectivity index (χ1) is 16.2. The Morgan fingerprint density at radius 3 is 2.85 bits per heavy atom. The van der Waals surface area contributed by atoms with Crippen molar-refractivity contribution in [1.29, 1.82) is 0 Å². The van der Waals surface area contributed by atoms with E-state index in [0.717, 1.165) is 28.6 Å². The molecular weight excluding hydrogens is 440 g/mol. The number of aliphatic hydroxyl groups excluding tert-OH is 1. The van der Waals surface area contributed by atoms with E-state index in [0.29, 0.717) is 29.1 Å². The Labute approximate surface area is 196 Å². The topological polar surface area (TPSA) is 108 Å². The lowest BCUT2D eigenvalue weighted by Crippen LogP contribution is -2.32. The molecule has 0 radical (unpaired) electrons. The first kappa shape index (κ1) is 22.9. The zero-order valence-electron chi connectivity index (χ0n) is 18.2. The normalized spacial score (nSPS) is 14.7. The molecule has 0 saturated heterocycles. The molecule has 0 saturated carbocycles. The zero-order valence-corrected chi connectivity index (χ0v) is 19.0. The number of hydrogen-bond acceptors (Lipinski definition) is 7. The number of nitrogens with zero attached hydrogens (tertiary/aromatic N) is 1. The van der Waals surface area contributed by atoms with Gasteiger partial charge in [0, 0.05) is 29.9 Å². The van der Waals surface area contributed by atoms with Crippen LogP contribution in [0.4, 0.5) is 5.69 Å². The van der Waals surface area contributed by atoms with Gasteiger partial charge in [-0.2, -0.15) is 5.10 Å². The molecule has 172 valence electrons. The minimum atomic E-state index is -0.692. The van der Waals surface area contributed by atoms with Crippen molar-refractivity contribution in [2.24, 2.45) is 0 Å².